The van der Waals surface area contributed by atoms with E-state index in [-0.39, 0.29) is 11.9 Å². The van der Waals surface area contributed by atoms with E-state index >= 15 is 0 Å². The van der Waals surface area contributed by atoms with Crippen LogP contribution in [0.1, 0.15) is 28.4 Å². The van der Waals surface area contributed by atoms with Crippen molar-refractivity contribution in [3.8, 4) is 0 Å². The number of nitrogens with zero attached hydrogens (tertiary/aromatic N) is 2. The SMILES string of the molecule is O=C(c1ccsc1)N1CCN(C2CC(c3ccc(Cl)cc3)NN2)CC1. The lowest BCUT2D eigenvalue weighted by Gasteiger charge is -2.37. The first-order chi connectivity index (χ1) is 12.2. The second-order valence-electron chi connectivity index (χ2n) is 6.48. The molecule has 4 rings (SSSR count). The van der Waals surface area contributed by atoms with Gasteiger partial charge in [-0.2, -0.15) is 11.3 Å². The van der Waals surface area contributed by atoms with Crippen LogP contribution in [0, 0.1) is 0 Å². The zero-order valence-corrected chi connectivity index (χ0v) is 15.4. The molecule has 2 aliphatic rings. The average Bonchev–Trinajstić information content (AvgIpc) is 3.34. The lowest BCUT2D eigenvalue weighted by molar-refractivity contribution is 0.0545. The maximum atomic E-state index is 12.4. The van der Waals surface area contributed by atoms with Gasteiger partial charge in [-0.25, -0.2) is 10.9 Å². The Morgan fingerprint density at radius 2 is 1.84 bits per heavy atom. The number of rotatable bonds is 3. The van der Waals surface area contributed by atoms with Crippen molar-refractivity contribution in [2.45, 2.75) is 18.6 Å². The van der Waals surface area contributed by atoms with Crippen molar-refractivity contribution in [3.05, 3.63) is 57.2 Å². The Kier molecular flexibility index (Phi) is 5.05. The second-order valence-corrected chi connectivity index (χ2v) is 7.70. The van der Waals surface area contributed by atoms with Crippen LogP contribution in [-0.4, -0.2) is 48.1 Å². The molecule has 3 heterocycles. The van der Waals surface area contributed by atoms with Crippen molar-refractivity contribution >= 4 is 28.8 Å². The third kappa shape index (κ3) is 3.73. The number of halogens is 1. The van der Waals surface area contributed by atoms with Gasteiger partial charge in [-0.05, 0) is 35.6 Å². The number of carbonyl (C=O) groups excluding carboxylic acids is 1. The molecule has 0 radical (unpaired) electrons. The van der Waals surface area contributed by atoms with E-state index in [1.165, 1.54) is 5.56 Å². The monoisotopic (exact) mass is 376 g/mol. The summed E-state index contributed by atoms with van der Waals surface area (Å²) in [5.74, 6) is 0.150. The van der Waals surface area contributed by atoms with Crippen LogP contribution in [0.3, 0.4) is 0 Å². The molecule has 2 unspecified atom stereocenters. The summed E-state index contributed by atoms with van der Waals surface area (Å²) in [6.45, 7) is 3.34. The summed E-state index contributed by atoms with van der Waals surface area (Å²) in [6.07, 6.45) is 1.29. The van der Waals surface area contributed by atoms with Crippen LogP contribution in [0.5, 0.6) is 0 Å². The van der Waals surface area contributed by atoms with Crippen LogP contribution >= 0.6 is 22.9 Å². The van der Waals surface area contributed by atoms with Crippen LogP contribution < -0.4 is 10.9 Å². The molecule has 0 aliphatic carbocycles. The summed E-state index contributed by atoms with van der Waals surface area (Å²) < 4.78 is 0. The van der Waals surface area contributed by atoms with E-state index in [4.69, 9.17) is 11.6 Å². The lowest BCUT2D eigenvalue weighted by Crippen LogP contribution is -2.55. The minimum atomic E-state index is 0.150. The molecule has 1 amide bonds. The summed E-state index contributed by atoms with van der Waals surface area (Å²) in [5, 5.41) is 4.64. The van der Waals surface area contributed by atoms with Gasteiger partial charge in [0.1, 0.15) is 0 Å². The van der Waals surface area contributed by atoms with Gasteiger partial charge in [0.25, 0.3) is 5.91 Å². The van der Waals surface area contributed by atoms with Crippen LogP contribution in [0.4, 0.5) is 0 Å². The summed E-state index contributed by atoms with van der Waals surface area (Å²) in [5.41, 5.74) is 8.83. The van der Waals surface area contributed by atoms with Gasteiger partial charge < -0.3 is 4.90 Å². The van der Waals surface area contributed by atoms with Gasteiger partial charge in [-0.3, -0.25) is 9.69 Å². The Hall–Kier alpha value is -1.44. The van der Waals surface area contributed by atoms with Gasteiger partial charge in [0.2, 0.25) is 0 Å². The molecule has 2 aromatic rings. The first-order valence-electron chi connectivity index (χ1n) is 8.53. The van der Waals surface area contributed by atoms with Crippen molar-refractivity contribution in [1.29, 1.82) is 0 Å². The Labute approximate surface area is 156 Å². The van der Waals surface area contributed by atoms with Crippen molar-refractivity contribution < 1.29 is 4.79 Å². The summed E-state index contributed by atoms with van der Waals surface area (Å²) in [7, 11) is 0. The van der Waals surface area contributed by atoms with Crippen LogP contribution in [-0.2, 0) is 0 Å². The van der Waals surface area contributed by atoms with Gasteiger partial charge in [0.15, 0.2) is 0 Å². The third-order valence-electron chi connectivity index (χ3n) is 4.97. The maximum Gasteiger partial charge on any atom is 0.254 e. The van der Waals surface area contributed by atoms with Crippen molar-refractivity contribution in [1.82, 2.24) is 20.7 Å². The van der Waals surface area contributed by atoms with E-state index in [1.807, 2.05) is 33.9 Å². The minimum absolute atomic E-state index is 0.150. The van der Waals surface area contributed by atoms with Crippen LogP contribution in [0.25, 0.3) is 0 Å². The number of piperazine rings is 1. The smallest absolute Gasteiger partial charge is 0.254 e. The van der Waals surface area contributed by atoms with Gasteiger partial charge in [0, 0.05) is 42.6 Å². The zero-order valence-electron chi connectivity index (χ0n) is 13.8. The van der Waals surface area contributed by atoms with E-state index in [1.54, 1.807) is 11.3 Å². The molecule has 0 bridgehead atoms. The first-order valence-corrected chi connectivity index (χ1v) is 9.85. The van der Waals surface area contributed by atoms with Crippen LogP contribution in [0.2, 0.25) is 5.02 Å². The molecule has 2 aliphatic heterocycles. The molecule has 5 nitrogen and oxygen atoms in total. The number of hydrogen-bond acceptors (Lipinski definition) is 5. The largest absolute Gasteiger partial charge is 0.336 e. The molecule has 1 aromatic carbocycles. The fourth-order valence-corrected chi connectivity index (χ4v) is 4.25. The Morgan fingerprint density at radius 1 is 1.08 bits per heavy atom. The lowest BCUT2D eigenvalue weighted by atomic mass is 10.0. The summed E-state index contributed by atoms with van der Waals surface area (Å²) in [6, 6.07) is 10.2. The summed E-state index contributed by atoms with van der Waals surface area (Å²) >= 11 is 7.54. The molecule has 0 saturated carbocycles. The number of benzene rings is 1. The number of thiophene rings is 1. The Balaban J connectivity index is 1.31. The third-order valence-corrected chi connectivity index (χ3v) is 5.90. The number of hydrazine groups is 1. The molecular formula is C18H21ClN4OS. The van der Waals surface area contributed by atoms with Gasteiger partial charge >= 0.3 is 0 Å². The van der Waals surface area contributed by atoms with E-state index in [0.29, 0.717) is 6.17 Å². The van der Waals surface area contributed by atoms with Crippen LogP contribution in [0.15, 0.2) is 41.1 Å². The number of nitrogens with one attached hydrogen (secondary N) is 2. The molecule has 2 N–H and O–H groups in total. The van der Waals surface area contributed by atoms with Crippen molar-refractivity contribution in [2.24, 2.45) is 0 Å². The van der Waals surface area contributed by atoms with Crippen molar-refractivity contribution in [3.63, 3.8) is 0 Å². The predicted molar refractivity (Wildman–Crippen MR) is 101 cm³/mol. The van der Waals surface area contributed by atoms with E-state index in [0.717, 1.165) is 43.2 Å². The molecule has 2 saturated heterocycles. The minimum Gasteiger partial charge on any atom is -0.336 e. The van der Waals surface area contributed by atoms with E-state index < -0.39 is 0 Å². The summed E-state index contributed by atoms with van der Waals surface area (Å²) in [4.78, 5) is 16.8. The maximum absolute atomic E-state index is 12.4. The molecule has 132 valence electrons. The normalized spacial score (nSPS) is 24.6. The molecule has 1 aromatic heterocycles. The van der Waals surface area contributed by atoms with Gasteiger partial charge in [-0.15, -0.1) is 0 Å². The highest BCUT2D eigenvalue weighted by Crippen LogP contribution is 2.25. The highest BCUT2D eigenvalue weighted by Gasteiger charge is 2.32. The molecule has 2 atom stereocenters. The molecule has 25 heavy (non-hydrogen) atoms. The molecule has 7 heteroatoms. The van der Waals surface area contributed by atoms with Crippen molar-refractivity contribution in [2.75, 3.05) is 26.2 Å². The predicted octanol–water partition coefficient (Wildman–Crippen LogP) is 2.72. The zero-order chi connectivity index (χ0) is 17.2. The molecular weight excluding hydrogens is 356 g/mol. The van der Waals surface area contributed by atoms with Gasteiger partial charge in [0.05, 0.1) is 11.7 Å². The first kappa shape index (κ1) is 17.0. The number of amides is 1. The topological polar surface area (TPSA) is 47.6 Å². The highest BCUT2D eigenvalue weighted by molar-refractivity contribution is 7.08. The molecule has 0 spiro atoms. The van der Waals surface area contributed by atoms with E-state index in [9.17, 15) is 4.79 Å². The standard InChI is InChI=1S/C18H21ClN4OS/c19-15-3-1-13(2-4-15)16-11-17(21-20-16)22-6-8-23(9-7-22)18(24)14-5-10-25-12-14/h1-5,10,12,16-17,20-21H,6-9,11H2. The number of carbonyl (C=O) groups is 1. The Bertz CT molecular complexity index is 713. The van der Waals surface area contributed by atoms with E-state index in [2.05, 4.69) is 27.9 Å². The fraction of sp³-hybridized carbons (Fsp3) is 0.389. The fourth-order valence-electron chi connectivity index (χ4n) is 3.50. The quantitative estimate of drug-likeness (QED) is 0.864. The molecule has 2 fully saturated rings. The number of hydrogen-bond donors (Lipinski definition) is 2. The second kappa shape index (κ2) is 7.43. The highest BCUT2D eigenvalue weighted by atomic mass is 35.5. The Morgan fingerprint density at radius 3 is 2.52 bits per heavy atom. The van der Waals surface area contributed by atoms with Gasteiger partial charge in [-0.1, -0.05) is 23.7 Å². The average molecular weight is 377 g/mol.